The number of pyridine rings is 1. The van der Waals surface area contributed by atoms with E-state index in [4.69, 9.17) is 5.73 Å². The maximum absolute atomic E-state index is 5.76. The minimum atomic E-state index is 0.606. The van der Waals surface area contributed by atoms with Crippen molar-refractivity contribution in [3.63, 3.8) is 0 Å². The number of nitrogen functional groups attached to an aromatic ring is 1. The lowest BCUT2D eigenvalue weighted by Crippen LogP contribution is -2.26. The van der Waals surface area contributed by atoms with Crippen LogP contribution < -0.4 is 5.73 Å². The van der Waals surface area contributed by atoms with Crippen molar-refractivity contribution in [2.75, 3.05) is 12.3 Å². The van der Waals surface area contributed by atoms with E-state index in [1.54, 1.807) is 6.20 Å². The molecule has 0 aliphatic carbocycles. The zero-order valence-corrected chi connectivity index (χ0v) is 11.9. The first-order chi connectivity index (χ1) is 9.72. The fraction of sp³-hybridized carbons (Fsp3) is 0.353. The average Bonchev–Trinajstić information content (AvgIpc) is 2.81. The van der Waals surface area contributed by atoms with E-state index < -0.39 is 0 Å². The Balaban J connectivity index is 1.70. The highest BCUT2D eigenvalue weighted by molar-refractivity contribution is 5.32. The molecule has 0 spiro atoms. The van der Waals surface area contributed by atoms with Crippen molar-refractivity contribution in [3.05, 3.63) is 59.8 Å². The number of hydrogen-bond donors (Lipinski definition) is 1. The predicted octanol–water partition coefficient (Wildman–Crippen LogP) is 3.04. The van der Waals surface area contributed by atoms with Gasteiger partial charge in [0.15, 0.2) is 0 Å². The maximum Gasteiger partial charge on any atom is 0.123 e. The van der Waals surface area contributed by atoms with E-state index >= 15 is 0 Å². The molecule has 0 bridgehead atoms. The number of nitrogens with zero attached hydrogens (tertiary/aromatic N) is 2. The van der Waals surface area contributed by atoms with Crippen molar-refractivity contribution in [1.82, 2.24) is 9.88 Å². The molecular weight excluding hydrogens is 246 g/mol. The molecule has 1 aromatic carbocycles. The van der Waals surface area contributed by atoms with E-state index in [2.05, 4.69) is 53.2 Å². The van der Waals surface area contributed by atoms with Crippen LogP contribution in [-0.4, -0.2) is 22.5 Å². The van der Waals surface area contributed by atoms with Crippen LogP contribution in [0.15, 0.2) is 48.7 Å². The Bertz CT molecular complexity index is 567. The van der Waals surface area contributed by atoms with Crippen LogP contribution in [0.25, 0.3) is 0 Å². The van der Waals surface area contributed by atoms with Gasteiger partial charge >= 0.3 is 0 Å². The lowest BCUT2D eigenvalue weighted by molar-refractivity contribution is 0.259. The molecule has 0 saturated carbocycles. The molecule has 2 heterocycles. The molecule has 0 amide bonds. The molecule has 0 unspecified atom stereocenters. The van der Waals surface area contributed by atoms with Gasteiger partial charge in [0.2, 0.25) is 0 Å². The fourth-order valence-corrected chi connectivity index (χ4v) is 3.11. The molecular formula is C17H21N3. The Morgan fingerprint density at radius 2 is 2.05 bits per heavy atom. The van der Waals surface area contributed by atoms with Gasteiger partial charge in [0.1, 0.15) is 5.82 Å². The summed E-state index contributed by atoms with van der Waals surface area (Å²) in [7, 11) is 0. The standard InChI is InChI=1S/C17H21N3/c1-13-9-16(15-5-3-2-4-6-15)12-20(13)11-14-7-8-19-17(18)10-14/h2-8,10,13,16H,9,11-12H2,1H3,(H2,18,19)/t13-,16-/m0/s1. The lowest BCUT2D eigenvalue weighted by Gasteiger charge is -2.21. The van der Waals surface area contributed by atoms with Crippen LogP contribution in [0.4, 0.5) is 5.82 Å². The smallest absolute Gasteiger partial charge is 0.123 e. The van der Waals surface area contributed by atoms with Crippen LogP contribution in [-0.2, 0) is 6.54 Å². The SMILES string of the molecule is C[C@H]1C[C@H](c2ccccc2)CN1Cc1ccnc(N)c1. The van der Waals surface area contributed by atoms with Crippen LogP contribution in [0.1, 0.15) is 30.4 Å². The first kappa shape index (κ1) is 13.1. The van der Waals surface area contributed by atoms with Crippen molar-refractivity contribution in [1.29, 1.82) is 0 Å². The minimum Gasteiger partial charge on any atom is -0.384 e. The third-order valence-electron chi connectivity index (χ3n) is 4.21. The van der Waals surface area contributed by atoms with Gasteiger partial charge < -0.3 is 5.73 Å². The number of rotatable bonds is 3. The first-order valence-electron chi connectivity index (χ1n) is 7.22. The summed E-state index contributed by atoms with van der Waals surface area (Å²) in [5.74, 6) is 1.25. The lowest BCUT2D eigenvalue weighted by atomic mass is 9.97. The first-order valence-corrected chi connectivity index (χ1v) is 7.22. The van der Waals surface area contributed by atoms with E-state index in [-0.39, 0.29) is 0 Å². The van der Waals surface area contributed by atoms with Gasteiger partial charge in [0.05, 0.1) is 0 Å². The molecule has 20 heavy (non-hydrogen) atoms. The zero-order valence-electron chi connectivity index (χ0n) is 11.9. The minimum absolute atomic E-state index is 0.606. The van der Waals surface area contributed by atoms with Crippen molar-refractivity contribution < 1.29 is 0 Å². The number of nitrogens with two attached hydrogens (primary N) is 1. The zero-order chi connectivity index (χ0) is 13.9. The summed E-state index contributed by atoms with van der Waals surface area (Å²) >= 11 is 0. The summed E-state index contributed by atoms with van der Waals surface area (Å²) in [5, 5.41) is 0. The van der Waals surface area contributed by atoms with Crippen molar-refractivity contribution >= 4 is 5.82 Å². The summed E-state index contributed by atoms with van der Waals surface area (Å²) in [4.78, 5) is 6.59. The summed E-state index contributed by atoms with van der Waals surface area (Å²) < 4.78 is 0. The van der Waals surface area contributed by atoms with E-state index in [1.165, 1.54) is 17.5 Å². The Hall–Kier alpha value is -1.87. The van der Waals surface area contributed by atoms with E-state index in [1.807, 2.05) is 6.07 Å². The van der Waals surface area contributed by atoms with Crippen molar-refractivity contribution in [2.45, 2.75) is 31.8 Å². The van der Waals surface area contributed by atoms with Crippen LogP contribution in [0.2, 0.25) is 0 Å². The van der Waals surface area contributed by atoms with Crippen LogP contribution in [0.3, 0.4) is 0 Å². The Labute approximate surface area is 120 Å². The molecule has 1 saturated heterocycles. The van der Waals surface area contributed by atoms with E-state index in [9.17, 15) is 0 Å². The van der Waals surface area contributed by atoms with Crippen LogP contribution in [0, 0.1) is 0 Å². The Kier molecular flexibility index (Phi) is 3.70. The highest BCUT2D eigenvalue weighted by Gasteiger charge is 2.29. The molecule has 0 radical (unpaired) electrons. The third kappa shape index (κ3) is 2.83. The van der Waals surface area contributed by atoms with E-state index in [0.29, 0.717) is 17.8 Å². The Morgan fingerprint density at radius 1 is 1.25 bits per heavy atom. The van der Waals surface area contributed by atoms with Gasteiger partial charge in [-0.2, -0.15) is 0 Å². The van der Waals surface area contributed by atoms with Gasteiger partial charge in [-0.15, -0.1) is 0 Å². The summed E-state index contributed by atoms with van der Waals surface area (Å²) in [5.41, 5.74) is 8.46. The second-order valence-corrected chi connectivity index (χ2v) is 5.71. The summed E-state index contributed by atoms with van der Waals surface area (Å²) in [6, 6.07) is 15.5. The third-order valence-corrected chi connectivity index (χ3v) is 4.21. The molecule has 1 fully saturated rings. The monoisotopic (exact) mass is 267 g/mol. The molecule has 3 rings (SSSR count). The van der Waals surface area contributed by atoms with E-state index in [0.717, 1.165) is 13.1 Å². The van der Waals surface area contributed by atoms with Crippen LogP contribution in [0.5, 0.6) is 0 Å². The molecule has 1 aliphatic rings. The molecule has 1 aliphatic heterocycles. The topological polar surface area (TPSA) is 42.2 Å². The molecule has 104 valence electrons. The van der Waals surface area contributed by atoms with Gasteiger partial charge in [-0.25, -0.2) is 4.98 Å². The highest BCUT2D eigenvalue weighted by atomic mass is 15.2. The molecule has 1 aromatic heterocycles. The predicted molar refractivity (Wildman–Crippen MR) is 82.3 cm³/mol. The van der Waals surface area contributed by atoms with Gasteiger partial charge in [0, 0.05) is 25.3 Å². The molecule has 3 heteroatoms. The molecule has 2 atom stereocenters. The maximum atomic E-state index is 5.76. The van der Waals surface area contributed by atoms with Gasteiger partial charge in [-0.3, -0.25) is 4.90 Å². The second-order valence-electron chi connectivity index (χ2n) is 5.71. The summed E-state index contributed by atoms with van der Waals surface area (Å²) in [6.07, 6.45) is 3.02. The van der Waals surface area contributed by atoms with Crippen molar-refractivity contribution in [2.24, 2.45) is 0 Å². The van der Waals surface area contributed by atoms with Crippen LogP contribution >= 0.6 is 0 Å². The summed E-state index contributed by atoms with van der Waals surface area (Å²) in [6.45, 7) is 4.39. The number of aromatic nitrogens is 1. The fourth-order valence-electron chi connectivity index (χ4n) is 3.11. The molecule has 2 aromatic rings. The molecule has 3 nitrogen and oxygen atoms in total. The number of hydrogen-bond acceptors (Lipinski definition) is 3. The second kappa shape index (κ2) is 5.63. The highest BCUT2D eigenvalue weighted by Crippen LogP contribution is 2.32. The number of benzene rings is 1. The van der Waals surface area contributed by atoms with Gasteiger partial charge in [-0.1, -0.05) is 30.3 Å². The normalized spacial score (nSPS) is 23.1. The number of likely N-dealkylation sites (tertiary alicyclic amines) is 1. The number of anilines is 1. The largest absolute Gasteiger partial charge is 0.384 e. The average molecular weight is 267 g/mol. The van der Waals surface area contributed by atoms with Gasteiger partial charge in [-0.05, 0) is 42.5 Å². The Morgan fingerprint density at radius 3 is 2.80 bits per heavy atom. The van der Waals surface area contributed by atoms with Gasteiger partial charge in [0.25, 0.3) is 0 Å². The molecule has 2 N–H and O–H groups in total. The van der Waals surface area contributed by atoms with Crippen molar-refractivity contribution in [3.8, 4) is 0 Å². The quantitative estimate of drug-likeness (QED) is 0.929.